The Bertz CT molecular complexity index is 984. The van der Waals surface area contributed by atoms with Crippen LogP contribution in [0.5, 0.6) is 5.75 Å². The summed E-state index contributed by atoms with van der Waals surface area (Å²) in [6.07, 6.45) is 5.77. The third-order valence-corrected chi connectivity index (χ3v) is 5.49. The van der Waals surface area contributed by atoms with Gasteiger partial charge in [0.25, 0.3) is 5.91 Å². The van der Waals surface area contributed by atoms with E-state index in [0.717, 1.165) is 42.5 Å². The van der Waals surface area contributed by atoms with E-state index in [9.17, 15) is 4.79 Å². The fourth-order valence-electron chi connectivity index (χ4n) is 3.94. The molecule has 1 aliphatic heterocycles. The molecular formula is C24H28N4O2. The molecular weight excluding hydrogens is 376 g/mol. The van der Waals surface area contributed by atoms with Crippen molar-refractivity contribution in [2.75, 3.05) is 19.7 Å². The molecule has 0 saturated carbocycles. The molecule has 1 atom stereocenters. The van der Waals surface area contributed by atoms with Gasteiger partial charge in [-0.25, -0.2) is 9.97 Å². The molecule has 1 saturated heterocycles. The first-order chi connectivity index (χ1) is 14.6. The van der Waals surface area contributed by atoms with Gasteiger partial charge < -0.3 is 9.64 Å². The minimum Gasteiger partial charge on any atom is -0.484 e. The van der Waals surface area contributed by atoms with Gasteiger partial charge in [-0.2, -0.15) is 0 Å². The fourth-order valence-corrected chi connectivity index (χ4v) is 3.94. The molecule has 156 valence electrons. The second kappa shape index (κ2) is 9.11. The molecule has 4 rings (SSSR count). The summed E-state index contributed by atoms with van der Waals surface area (Å²) in [6, 6.07) is 15.6. The average molecular weight is 405 g/mol. The molecule has 0 aliphatic carbocycles. The van der Waals surface area contributed by atoms with Gasteiger partial charge in [0, 0.05) is 43.0 Å². The van der Waals surface area contributed by atoms with Crippen LogP contribution in [-0.2, 0) is 4.79 Å². The molecule has 1 amide bonds. The van der Waals surface area contributed by atoms with E-state index in [4.69, 9.17) is 9.72 Å². The van der Waals surface area contributed by atoms with Gasteiger partial charge in [-0.05, 0) is 37.1 Å². The Balaban J connectivity index is 1.44. The minimum atomic E-state index is 0.0245. The number of hydrogen-bond acceptors (Lipinski definition) is 4. The Morgan fingerprint density at radius 3 is 2.80 bits per heavy atom. The number of hydrogen-bond donors (Lipinski definition) is 0. The number of carbonyl (C=O) groups is 1. The number of rotatable bonds is 6. The first-order valence-electron chi connectivity index (χ1n) is 10.6. The van der Waals surface area contributed by atoms with Crippen molar-refractivity contribution in [1.29, 1.82) is 0 Å². The van der Waals surface area contributed by atoms with Crippen LogP contribution in [0.1, 0.15) is 50.0 Å². The van der Waals surface area contributed by atoms with Gasteiger partial charge in [-0.15, -0.1) is 0 Å². The number of likely N-dealkylation sites (tertiary alicyclic amines) is 1. The van der Waals surface area contributed by atoms with Crippen LogP contribution in [0.3, 0.4) is 0 Å². The molecule has 6 nitrogen and oxygen atoms in total. The van der Waals surface area contributed by atoms with E-state index >= 15 is 0 Å². The Hall–Kier alpha value is -3.15. The second-order valence-electron chi connectivity index (χ2n) is 8.01. The molecule has 3 aromatic rings. The number of amides is 1. The van der Waals surface area contributed by atoms with Gasteiger partial charge >= 0.3 is 0 Å². The van der Waals surface area contributed by atoms with Crippen molar-refractivity contribution in [3.63, 3.8) is 0 Å². The Kier molecular flexibility index (Phi) is 6.12. The highest BCUT2D eigenvalue weighted by atomic mass is 16.5. The second-order valence-corrected chi connectivity index (χ2v) is 8.01. The SMILES string of the molecule is CC(C)c1nccn1-c1cccc(C2CCCN(C(=O)COc3ccccc3)C2)n1. The summed E-state index contributed by atoms with van der Waals surface area (Å²) in [4.78, 5) is 24.0. The lowest BCUT2D eigenvalue weighted by molar-refractivity contribution is -0.134. The monoisotopic (exact) mass is 404 g/mol. The molecule has 1 fully saturated rings. The standard InChI is InChI=1S/C24H28N4O2/c1-18(2)24-25-13-15-28(24)22-12-6-11-21(26-22)19-8-7-14-27(16-19)23(29)17-30-20-9-4-3-5-10-20/h3-6,9-13,15,18-19H,7-8,14,16-17H2,1-2H3. The lowest BCUT2D eigenvalue weighted by Crippen LogP contribution is -2.41. The molecule has 0 spiro atoms. The summed E-state index contributed by atoms with van der Waals surface area (Å²) in [5.74, 6) is 3.16. The molecule has 2 aromatic heterocycles. The highest BCUT2D eigenvalue weighted by molar-refractivity contribution is 5.78. The molecule has 0 N–H and O–H groups in total. The number of aromatic nitrogens is 3. The number of nitrogens with zero attached hydrogens (tertiary/aromatic N) is 4. The van der Waals surface area contributed by atoms with Crippen molar-refractivity contribution in [1.82, 2.24) is 19.4 Å². The van der Waals surface area contributed by atoms with Crippen LogP contribution in [0.15, 0.2) is 60.9 Å². The molecule has 6 heteroatoms. The topological polar surface area (TPSA) is 60.2 Å². The van der Waals surface area contributed by atoms with E-state index in [2.05, 4.69) is 24.9 Å². The molecule has 0 bridgehead atoms. The normalized spacial score (nSPS) is 16.6. The lowest BCUT2D eigenvalue weighted by Gasteiger charge is -2.32. The number of carbonyl (C=O) groups excluding carboxylic acids is 1. The highest BCUT2D eigenvalue weighted by Crippen LogP contribution is 2.27. The maximum atomic E-state index is 12.7. The van der Waals surface area contributed by atoms with Crippen molar-refractivity contribution in [3.05, 3.63) is 72.4 Å². The summed E-state index contributed by atoms with van der Waals surface area (Å²) in [7, 11) is 0. The molecule has 30 heavy (non-hydrogen) atoms. The zero-order chi connectivity index (χ0) is 20.9. The van der Waals surface area contributed by atoms with Crippen molar-refractivity contribution in [2.45, 2.75) is 38.5 Å². The molecule has 3 heterocycles. The first-order valence-corrected chi connectivity index (χ1v) is 10.6. The zero-order valence-corrected chi connectivity index (χ0v) is 17.6. The summed E-state index contributed by atoms with van der Waals surface area (Å²) in [5.41, 5.74) is 1.03. The van der Waals surface area contributed by atoms with E-state index < -0.39 is 0 Å². The van der Waals surface area contributed by atoms with E-state index in [-0.39, 0.29) is 18.4 Å². The van der Waals surface area contributed by atoms with Crippen LogP contribution in [0, 0.1) is 0 Å². The third kappa shape index (κ3) is 4.53. The van der Waals surface area contributed by atoms with Crippen LogP contribution in [0.4, 0.5) is 0 Å². The van der Waals surface area contributed by atoms with E-state index in [1.807, 2.05) is 64.3 Å². The van der Waals surface area contributed by atoms with Gasteiger partial charge in [0.1, 0.15) is 17.4 Å². The average Bonchev–Trinajstić information content (AvgIpc) is 3.29. The predicted molar refractivity (Wildman–Crippen MR) is 116 cm³/mol. The largest absolute Gasteiger partial charge is 0.484 e. The maximum absolute atomic E-state index is 12.7. The summed E-state index contributed by atoms with van der Waals surface area (Å²) in [6.45, 7) is 5.77. The number of ether oxygens (including phenoxy) is 1. The van der Waals surface area contributed by atoms with Crippen LogP contribution < -0.4 is 4.74 Å². The Labute approximate surface area is 177 Å². The van der Waals surface area contributed by atoms with Crippen LogP contribution in [-0.4, -0.2) is 45.0 Å². The van der Waals surface area contributed by atoms with Gasteiger partial charge in [-0.1, -0.05) is 38.1 Å². The van der Waals surface area contributed by atoms with E-state index in [0.29, 0.717) is 12.5 Å². The number of piperidine rings is 1. The summed E-state index contributed by atoms with van der Waals surface area (Å²) < 4.78 is 7.70. The molecule has 0 radical (unpaired) electrons. The van der Waals surface area contributed by atoms with Crippen molar-refractivity contribution < 1.29 is 9.53 Å². The van der Waals surface area contributed by atoms with E-state index in [1.54, 1.807) is 0 Å². The van der Waals surface area contributed by atoms with Crippen LogP contribution >= 0.6 is 0 Å². The summed E-state index contributed by atoms with van der Waals surface area (Å²) >= 11 is 0. The van der Waals surface area contributed by atoms with Crippen molar-refractivity contribution >= 4 is 5.91 Å². The maximum Gasteiger partial charge on any atom is 0.260 e. The Morgan fingerprint density at radius 2 is 2.00 bits per heavy atom. The number of imidazole rings is 1. The first kappa shape index (κ1) is 20.1. The number of para-hydroxylation sites is 1. The quantitative estimate of drug-likeness (QED) is 0.618. The van der Waals surface area contributed by atoms with Crippen LogP contribution in [0.25, 0.3) is 5.82 Å². The van der Waals surface area contributed by atoms with E-state index in [1.165, 1.54) is 0 Å². The third-order valence-electron chi connectivity index (χ3n) is 5.49. The predicted octanol–water partition coefficient (Wildman–Crippen LogP) is 4.18. The van der Waals surface area contributed by atoms with Gasteiger partial charge in [0.2, 0.25) is 0 Å². The summed E-state index contributed by atoms with van der Waals surface area (Å²) in [5, 5.41) is 0. The van der Waals surface area contributed by atoms with Crippen LogP contribution in [0.2, 0.25) is 0 Å². The molecule has 1 aliphatic rings. The number of pyridine rings is 1. The fraction of sp³-hybridized carbons (Fsp3) is 0.375. The van der Waals surface area contributed by atoms with Gasteiger partial charge in [0.05, 0.1) is 0 Å². The highest BCUT2D eigenvalue weighted by Gasteiger charge is 2.26. The molecule has 1 unspecified atom stereocenters. The number of benzene rings is 1. The zero-order valence-electron chi connectivity index (χ0n) is 17.6. The van der Waals surface area contributed by atoms with Gasteiger partial charge in [0.15, 0.2) is 6.61 Å². The van der Waals surface area contributed by atoms with Crippen molar-refractivity contribution in [2.24, 2.45) is 0 Å². The smallest absolute Gasteiger partial charge is 0.260 e. The molecule has 1 aromatic carbocycles. The Morgan fingerprint density at radius 1 is 1.17 bits per heavy atom. The minimum absolute atomic E-state index is 0.0245. The van der Waals surface area contributed by atoms with Gasteiger partial charge in [-0.3, -0.25) is 9.36 Å². The van der Waals surface area contributed by atoms with Crippen molar-refractivity contribution in [3.8, 4) is 11.6 Å². The lowest BCUT2D eigenvalue weighted by atomic mass is 9.94.